The summed E-state index contributed by atoms with van der Waals surface area (Å²) in [6, 6.07) is 28.9. The molecule has 0 bridgehead atoms. The highest BCUT2D eigenvalue weighted by molar-refractivity contribution is 5.97. The predicted molar refractivity (Wildman–Crippen MR) is 141 cm³/mol. The topological polar surface area (TPSA) is 43.7 Å². The largest absolute Gasteiger partial charge is 0.454 e. The number of fused-ring (bicyclic) bond motifs is 1. The molecule has 0 N–H and O–H groups in total. The Bertz CT molecular complexity index is 1370. The van der Waals surface area contributed by atoms with E-state index in [-0.39, 0.29) is 12.7 Å². The van der Waals surface area contributed by atoms with Gasteiger partial charge in [-0.05, 0) is 61.4 Å². The Morgan fingerprint density at radius 3 is 2.31 bits per heavy atom. The zero-order chi connectivity index (χ0) is 24.5. The predicted octanol–water partition coefficient (Wildman–Crippen LogP) is 6.28. The minimum Gasteiger partial charge on any atom is -0.454 e. The lowest BCUT2D eigenvalue weighted by Crippen LogP contribution is -2.39. The van der Waals surface area contributed by atoms with Crippen LogP contribution in [0.25, 0.3) is 16.9 Å². The second-order valence-corrected chi connectivity index (χ2v) is 9.69. The number of carbonyl (C=O) groups is 1. The van der Waals surface area contributed by atoms with Gasteiger partial charge in [0.05, 0.1) is 11.3 Å². The zero-order valence-corrected chi connectivity index (χ0v) is 20.5. The van der Waals surface area contributed by atoms with Crippen LogP contribution >= 0.6 is 0 Å². The number of carbonyl (C=O) groups excluding carboxylic acids is 1. The third-order valence-corrected chi connectivity index (χ3v) is 7.43. The maximum absolute atomic E-state index is 13.8. The number of piperidine rings is 1. The number of rotatable bonds is 5. The average Bonchev–Trinajstić information content (AvgIpc) is 3.53. The molecule has 5 heteroatoms. The number of likely N-dealkylation sites (tertiary alicyclic amines) is 1. The number of nitrogens with zero attached hydrogens (tertiary/aromatic N) is 2. The minimum atomic E-state index is 0.113. The van der Waals surface area contributed by atoms with Gasteiger partial charge in [-0.2, -0.15) is 0 Å². The summed E-state index contributed by atoms with van der Waals surface area (Å²) < 4.78 is 13.3. The summed E-state index contributed by atoms with van der Waals surface area (Å²) in [5.74, 6) is 2.21. The summed E-state index contributed by atoms with van der Waals surface area (Å²) in [6.45, 7) is 3.86. The minimum absolute atomic E-state index is 0.113. The molecule has 0 radical (unpaired) electrons. The molecule has 3 heterocycles. The molecule has 2 aliphatic rings. The standard InChI is InChI=1S/C31H30N2O3/c1-22-27(31(34)32-16-14-24(15-17-32)18-23-8-4-2-5-9-23)20-28(25-10-6-3-7-11-25)33(22)26-12-13-29-30(19-26)36-21-35-29/h2-13,19-20,24H,14-18,21H2,1H3. The van der Waals surface area contributed by atoms with E-state index in [0.717, 1.165) is 72.1 Å². The molecule has 0 spiro atoms. The molecule has 2 aliphatic heterocycles. The fourth-order valence-corrected chi connectivity index (χ4v) is 5.46. The Kier molecular flexibility index (Phi) is 5.98. The lowest BCUT2D eigenvalue weighted by molar-refractivity contribution is 0.0690. The van der Waals surface area contributed by atoms with Crippen molar-refractivity contribution in [1.29, 1.82) is 0 Å². The Balaban J connectivity index is 1.28. The Labute approximate surface area is 211 Å². The van der Waals surface area contributed by atoms with Crippen LogP contribution in [0.3, 0.4) is 0 Å². The molecule has 182 valence electrons. The summed E-state index contributed by atoms with van der Waals surface area (Å²) in [4.78, 5) is 15.8. The van der Waals surface area contributed by atoms with E-state index in [1.54, 1.807) is 0 Å². The molecule has 0 aliphatic carbocycles. The van der Waals surface area contributed by atoms with Crippen molar-refractivity contribution in [2.75, 3.05) is 19.9 Å². The number of amides is 1. The van der Waals surface area contributed by atoms with Crippen molar-refractivity contribution in [3.05, 3.63) is 102 Å². The van der Waals surface area contributed by atoms with Gasteiger partial charge in [0.25, 0.3) is 5.91 Å². The van der Waals surface area contributed by atoms with E-state index >= 15 is 0 Å². The first kappa shape index (κ1) is 22.5. The first-order valence-electron chi connectivity index (χ1n) is 12.7. The van der Waals surface area contributed by atoms with E-state index in [2.05, 4.69) is 47.0 Å². The summed E-state index contributed by atoms with van der Waals surface area (Å²) in [7, 11) is 0. The normalized spacial score (nSPS) is 15.3. The Morgan fingerprint density at radius 2 is 1.56 bits per heavy atom. The lowest BCUT2D eigenvalue weighted by atomic mass is 9.90. The van der Waals surface area contributed by atoms with E-state index in [9.17, 15) is 4.79 Å². The van der Waals surface area contributed by atoms with Crippen LogP contribution in [0.5, 0.6) is 11.5 Å². The van der Waals surface area contributed by atoms with Crippen molar-refractivity contribution >= 4 is 5.91 Å². The molecular formula is C31H30N2O3. The van der Waals surface area contributed by atoms with Crippen LogP contribution in [-0.4, -0.2) is 35.3 Å². The third-order valence-electron chi connectivity index (χ3n) is 7.43. The summed E-state index contributed by atoms with van der Waals surface area (Å²) in [6.07, 6.45) is 3.16. The molecule has 36 heavy (non-hydrogen) atoms. The molecule has 3 aromatic carbocycles. The first-order valence-corrected chi connectivity index (χ1v) is 12.7. The van der Waals surface area contributed by atoms with Gasteiger partial charge in [0, 0.05) is 30.5 Å². The molecule has 1 aromatic heterocycles. The molecule has 1 fully saturated rings. The van der Waals surface area contributed by atoms with Gasteiger partial charge in [-0.15, -0.1) is 0 Å². The van der Waals surface area contributed by atoms with Crippen molar-refractivity contribution in [2.45, 2.75) is 26.2 Å². The van der Waals surface area contributed by atoms with Crippen LogP contribution in [0.4, 0.5) is 0 Å². The lowest BCUT2D eigenvalue weighted by Gasteiger charge is -2.32. The van der Waals surface area contributed by atoms with Gasteiger partial charge in [-0.3, -0.25) is 4.79 Å². The van der Waals surface area contributed by atoms with Crippen LogP contribution < -0.4 is 9.47 Å². The van der Waals surface area contributed by atoms with E-state index < -0.39 is 0 Å². The number of hydrogen-bond donors (Lipinski definition) is 0. The van der Waals surface area contributed by atoms with Gasteiger partial charge >= 0.3 is 0 Å². The monoisotopic (exact) mass is 478 g/mol. The van der Waals surface area contributed by atoms with Crippen LogP contribution in [0.1, 0.15) is 34.5 Å². The molecule has 1 saturated heterocycles. The van der Waals surface area contributed by atoms with Gasteiger partial charge in [-0.1, -0.05) is 60.7 Å². The van der Waals surface area contributed by atoms with E-state index in [4.69, 9.17) is 9.47 Å². The van der Waals surface area contributed by atoms with Gasteiger partial charge in [-0.25, -0.2) is 0 Å². The molecule has 6 rings (SSSR count). The smallest absolute Gasteiger partial charge is 0.255 e. The van der Waals surface area contributed by atoms with E-state index in [0.29, 0.717) is 5.92 Å². The molecule has 5 nitrogen and oxygen atoms in total. The molecule has 0 atom stereocenters. The van der Waals surface area contributed by atoms with Crippen molar-refractivity contribution in [1.82, 2.24) is 9.47 Å². The van der Waals surface area contributed by atoms with E-state index in [1.165, 1.54) is 5.56 Å². The Morgan fingerprint density at radius 1 is 0.861 bits per heavy atom. The number of aromatic nitrogens is 1. The second-order valence-electron chi connectivity index (χ2n) is 9.69. The number of benzene rings is 3. The van der Waals surface area contributed by atoms with Crippen LogP contribution in [0.2, 0.25) is 0 Å². The van der Waals surface area contributed by atoms with Crippen molar-refractivity contribution < 1.29 is 14.3 Å². The SMILES string of the molecule is Cc1c(C(=O)N2CCC(Cc3ccccc3)CC2)cc(-c2ccccc2)n1-c1ccc2c(c1)OCO2. The third kappa shape index (κ3) is 4.26. The van der Waals surface area contributed by atoms with Crippen molar-refractivity contribution in [2.24, 2.45) is 5.92 Å². The van der Waals surface area contributed by atoms with Gasteiger partial charge in [0.1, 0.15) is 0 Å². The van der Waals surface area contributed by atoms with Crippen molar-refractivity contribution in [3.8, 4) is 28.4 Å². The zero-order valence-electron chi connectivity index (χ0n) is 20.5. The summed E-state index contributed by atoms with van der Waals surface area (Å²) in [5.41, 5.74) is 6.09. The average molecular weight is 479 g/mol. The van der Waals surface area contributed by atoms with Gasteiger partial charge < -0.3 is 18.9 Å². The second kappa shape index (κ2) is 9.57. The molecule has 0 unspecified atom stereocenters. The summed E-state index contributed by atoms with van der Waals surface area (Å²) >= 11 is 0. The van der Waals surface area contributed by atoms with Gasteiger partial charge in [0.15, 0.2) is 11.5 Å². The fraction of sp³-hybridized carbons (Fsp3) is 0.258. The van der Waals surface area contributed by atoms with Crippen LogP contribution in [-0.2, 0) is 6.42 Å². The first-order chi connectivity index (χ1) is 17.7. The highest BCUT2D eigenvalue weighted by Crippen LogP contribution is 2.37. The molecular weight excluding hydrogens is 448 g/mol. The molecule has 1 amide bonds. The number of ether oxygens (including phenoxy) is 2. The number of hydrogen-bond acceptors (Lipinski definition) is 3. The molecule has 4 aromatic rings. The Hall–Kier alpha value is -3.99. The highest BCUT2D eigenvalue weighted by Gasteiger charge is 2.28. The quantitative estimate of drug-likeness (QED) is 0.339. The van der Waals surface area contributed by atoms with E-state index in [1.807, 2.05) is 54.3 Å². The maximum Gasteiger partial charge on any atom is 0.255 e. The highest BCUT2D eigenvalue weighted by atomic mass is 16.7. The fourth-order valence-electron chi connectivity index (χ4n) is 5.46. The van der Waals surface area contributed by atoms with Crippen molar-refractivity contribution in [3.63, 3.8) is 0 Å². The molecule has 0 saturated carbocycles. The van der Waals surface area contributed by atoms with Crippen LogP contribution in [0.15, 0.2) is 84.9 Å². The van der Waals surface area contributed by atoms with Crippen LogP contribution in [0, 0.1) is 12.8 Å². The van der Waals surface area contributed by atoms with Gasteiger partial charge in [0.2, 0.25) is 6.79 Å². The maximum atomic E-state index is 13.8. The summed E-state index contributed by atoms with van der Waals surface area (Å²) in [5, 5.41) is 0.